The third kappa shape index (κ3) is 4.39. The highest BCUT2D eigenvalue weighted by Gasteiger charge is 2.19. The molecule has 2 N–H and O–H groups in total. The predicted molar refractivity (Wildman–Crippen MR) is 80.8 cm³/mol. The summed E-state index contributed by atoms with van der Waals surface area (Å²) >= 11 is 3.25. The summed E-state index contributed by atoms with van der Waals surface area (Å²) in [6.07, 6.45) is 2.82. The minimum atomic E-state index is -0.975. The van der Waals surface area contributed by atoms with Gasteiger partial charge in [-0.25, -0.2) is 0 Å². The number of hydrogen-bond acceptors (Lipinski definition) is 3. The number of hydrogen-bond donors (Lipinski definition) is 2. The second-order valence-corrected chi connectivity index (χ2v) is 5.34. The van der Waals surface area contributed by atoms with Gasteiger partial charge in [0.1, 0.15) is 0 Å². The normalized spacial score (nSPS) is 11.7. The van der Waals surface area contributed by atoms with Gasteiger partial charge in [0.25, 0.3) is 5.91 Å². The maximum atomic E-state index is 12.2. The minimum absolute atomic E-state index is 0.183. The molecule has 1 unspecified atom stereocenters. The number of benzene rings is 1. The van der Waals surface area contributed by atoms with Crippen LogP contribution in [0.5, 0.6) is 0 Å². The van der Waals surface area contributed by atoms with Gasteiger partial charge in [-0.2, -0.15) is 0 Å². The zero-order valence-corrected chi connectivity index (χ0v) is 12.6. The summed E-state index contributed by atoms with van der Waals surface area (Å²) in [4.78, 5) is 27.1. The zero-order valence-electron chi connectivity index (χ0n) is 11.0. The van der Waals surface area contributed by atoms with E-state index in [1.54, 1.807) is 36.5 Å². The number of carbonyl (C=O) groups excluding carboxylic acids is 1. The number of carbonyl (C=O) groups is 2. The topological polar surface area (TPSA) is 79.3 Å². The van der Waals surface area contributed by atoms with Gasteiger partial charge < -0.3 is 10.4 Å². The second-order valence-electron chi connectivity index (χ2n) is 4.43. The molecule has 6 heteroatoms. The quantitative estimate of drug-likeness (QED) is 0.870. The molecule has 0 saturated heterocycles. The Bertz CT molecular complexity index is 646. The molecular formula is C15H13BrN2O3. The van der Waals surface area contributed by atoms with Crippen molar-refractivity contribution in [3.05, 3.63) is 64.4 Å². The molecule has 1 aromatic carbocycles. The fourth-order valence-electron chi connectivity index (χ4n) is 1.89. The molecule has 0 bridgehead atoms. The number of nitrogens with one attached hydrogen (secondary N) is 1. The maximum Gasteiger partial charge on any atom is 0.305 e. The molecule has 0 spiro atoms. The molecule has 0 aliphatic rings. The van der Waals surface area contributed by atoms with E-state index in [-0.39, 0.29) is 12.3 Å². The van der Waals surface area contributed by atoms with E-state index < -0.39 is 12.0 Å². The molecule has 0 aliphatic heterocycles. The van der Waals surface area contributed by atoms with Gasteiger partial charge in [-0.05, 0) is 27.6 Å². The summed E-state index contributed by atoms with van der Waals surface area (Å²) in [6, 6.07) is 10.1. The lowest BCUT2D eigenvalue weighted by atomic mass is 10.0. The molecule has 1 aromatic heterocycles. The monoisotopic (exact) mass is 348 g/mol. The van der Waals surface area contributed by atoms with Crippen LogP contribution in [0.4, 0.5) is 0 Å². The van der Waals surface area contributed by atoms with E-state index in [2.05, 4.69) is 26.2 Å². The highest BCUT2D eigenvalue weighted by Crippen LogP contribution is 2.18. The van der Waals surface area contributed by atoms with Crippen molar-refractivity contribution in [3.63, 3.8) is 0 Å². The van der Waals surface area contributed by atoms with Crippen molar-refractivity contribution in [3.8, 4) is 0 Å². The Morgan fingerprint density at radius 1 is 1.24 bits per heavy atom. The van der Waals surface area contributed by atoms with E-state index in [0.717, 1.165) is 5.56 Å². The van der Waals surface area contributed by atoms with Crippen molar-refractivity contribution in [2.75, 3.05) is 0 Å². The minimum Gasteiger partial charge on any atom is -0.481 e. The lowest BCUT2D eigenvalue weighted by Gasteiger charge is -2.17. The summed E-state index contributed by atoms with van der Waals surface area (Å²) in [5.41, 5.74) is 1.12. The maximum absolute atomic E-state index is 12.2. The number of carboxylic acids is 1. The molecule has 2 aromatic rings. The number of halogens is 1. The molecule has 0 aliphatic carbocycles. The van der Waals surface area contributed by atoms with Gasteiger partial charge in [0, 0.05) is 16.9 Å². The van der Waals surface area contributed by atoms with E-state index in [4.69, 9.17) is 5.11 Å². The Hall–Kier alpha value is -2.21. The van der Waals surface area contributed by atoms with Gasteiger partial charge >= 0.3 is 5.97 Å². The first-order chi connectivity index (χ1) is 10.1. The molecule has 1 amide bonds. The summed E-state index contributed by atoms with van der Waals surface area (Å²) in [5, 5.41) is 11.7. The average molecular weight is 349 g/mol. The van der Waals surface area contributed by atoms with Crippen LogP contribution in [0.15, 0.2) is 53.3 Å². The standard InChI is InChI=1S/C15H13BrN2O3/c16-12-6-11(8-17-9-12)15(21)18-13(7-14(19)20)10-4-2-1-3-5-10/h1-6,8-9,13H,7H2,(H,18,21)(H,19,20). The Labute approximate surface area is 130 Å². The molecule has 0 saturated carbocycles. The van der Waals surface area contributed by atoms with Crippen molar-refractivity contribution in [2.24, 2.45) is 0 Å². The lowest BCUT2D eigenvalue weighted by molar-refractivity contribution is -0.137. The highest BCUT2D eigenvalue weighted by atomic mass is 79.9. The summed E-state index contributed by atoms with van der Waals surface area (Å²) < 4.78 is 0.685. The second kappa shape index (κ2) is 6.99. The van der Waals surface area contributed by atoms with E-state index >= 15 is 0 Å². The van der Waals surface area contributed by atoms with Gasteiger partial charge in [-0.1, -0.05) is 30.3 Å². The lowest BCUT2D eigenvalue weighted by Crippen LogP contribution is -2.30. The number of aliphatic carboxylic acids is 1. The Balaban J connectivity index is 2.19. The molecule has 0 fully saturated rings. The van der Waals surface area contributed by atoms with Gasteiger partial charge in [0.05, 0.1) is 18.0 Å². The van der Waals surface area contributed by atoms with Crippen LogP contribution in [0.3, 0.4) is 0 Å². The van der Waals surface area contributed by atoms with Crippen molar-refractivity contribution < 1.29 is 14.7 Å². The van der Waals surface area contributed by atoms with E-state index in [1.807, 2.05) is 6.07 Å². The van der Waals surface area contributed by atoms with E-state index in [9.17, 15) is 9.59 Å². The van der Waals surface area contributed by atoms with Crippen LogP contribution in [0, 0.1) is 0 Å². The number of pyridine rings is 1. The van der Waals surface area contributed by atoms with Crippen molar-refractivity contribution >= 4 is 27.8 Å². The number of aromatic nitrogens is 1. The van der Waals surface area contributed by atoms with Crippen LogP contribution in [0.25, 0.3) is 0 Å². The molecular weight excluding hydrogens is 336 g/mol. The molecule has 1 atom stereocenters. The third-order valence-electron chi connectivity index (χ3n) is 2.85. The molecule has 108 valence electrons. The van der Waals surface area contributed by atoms with Crippen molar-refractivity contribution in [2.45, 2.75) is 12.5 Å². The van der Waals surface area contributed by atoms with Gasteiger partial charge in [-0.3, -0.25) is 14.6 Å². The van der Waals surface area contributed by atoms with Crippen LogP contribution in [0.1, 0.15) is 28.4 Å². The first-order valence-electron chi connectivity index (χ1n) is 6.24. The summed E-state index contributed by atoms with van der Waals surface area (Å²) in [5.74, 6) is -1.34. The molecule has 2 rings (SSSR count). The van der Waals surface area contributed by atoms with Crippen LogP contribution >= 0.6 is 15.9 Å². The van der Waals surface area contributed by atoms with Crippen LogP contribution in [-0.4, -0.2) is 22.0 Å². The number of amides is 1. The van der Waals surface area contributed by atoms with Crippen LogP contribution in [-0.2, 0) is 4.79 Å². The number of carboxylic acid groups (broad SMARTS) is 1. The number of rotatable bonds is 5. The van der Waals surface area contributed by atoms with Crippen LogP contribution in [0.2, 0.25) is 0 Å². The smallest absolute Gasteiger partial charge is 0.305 e. The Morgan fingerprint density at radius 3 is 2.57 bits per heavy atom. The largest absolute Gasteiger partial charge is 0.481 e. The van der Waals surface area contributed by atoms with Gasteiger partial charge in [-0.15, -0.1) is 0 Å². The fourth-order valence-corrected chi connectivity index (χ4v) is 2.25. The third-order valence-corrected chi connectivity index (χ3v) is 3.29. The molecule has 1 heterocycles. The summed E-state index contributed by atoms with van der Waals surface area (Å²) in [6.45, 7) is 0. The SMILES string of the molecule is O=C(O)CC(NC(=O)c1cncc(Br)c1)c1ccccc1. The molecule has 5 nitrogen and oxygen atoms in total. The van der Waals surface area contributed by atoms with Crippen molar-refractivity contribution in [1.82, 2.24) is 10.3 Å². The van der Waals surface area contributed by atoms with Gasteiger partial charge in [0.15, 0.2) is 0 Å². The molecule has 21 heavy (non-hydrogen) atoms. The fraction of sp³-hybridized carbons (Fsp3) is 0.133. The van der Waals surface area contributed by atoms with Gasteiger partial charge in [0.2, 0.25) is 0 Å². The zero-order chi connectivity index (χ0) is 15.2. The summed E-state index contributed by atoms with van der Waals surface area (Å²) in [7, 11) is 0. The predicted octanol–water partition coefficient (Wildman–Crippen LogP) is 2.79. The Morgan fingerprint density at radius 2 is 1.95 bits per heavy atom. The first-order valence-corrected chi connectivity index (χ1v) is 7.03. The Kier molecular flexibility index (Phi) is 5.05. The molecule has 0 radical (unpaired) electrons. The van der Waals surface area contributed by atoms with E-state index in [0.29, 0.717) is 10.0 Å². The number of nitrogens with zero attached hydrogens (tertiary/aromatic N) is 1. The van der Waals surface area contributed by atoms with E-state index in [1.165, 1.54) is 6.20 Å². The van der Waals surface area contributed by atoms with Crippen LogP contribution < -0.4 is 5.32 Å². The first kappa shape index (κ1) is 15.2. The average Bonchev–Trinajstić information content (AvgIpc) is 2.47. The highest BCUT2D eigenvalue weighted by molar-refractivity contribution is 9.10. The van der Waals surface area contributed by atoms with Crippen molar-refractivity contribution in [1.29, 1.82) is 0 Å².